The fraction of sp³-hybridized carbons (Fsp3) is 0.268. The average Bonchev–Trinajstić information content (AvgIpc) is 3.12. The number of aromatic nitrogens is 4. The van der Waals surface area contributed by atoms with E-state index >= 15 is 0 Å². The number of halogens is 3. The summed E-state index contributed by atoms with van der Waals surface area (Å²) in [4.78, 5) is 42.5. The monoisotopic (exact) mass is 722 g/mol. The van der Waals surface area contributed by atoms with Gasteiger partial charge in [0.1, 0.15) is 5.75 Å². The van der Waals surface area contributed by atoms with Crippen molar-refractivity contribution < 1.29 is 27.5 Å². The van der Waals surface area contributed by atoms with Crippen LogP contribution >= 0.6 is 0 Å². The van der Waals surface area contributed by atoms with Crippen LogP contribution in [0.15, 0.2) is 85.2 Å². The van der Waals surface area contributed by atoms with E-state index in [0.717, 1.165) is 28.6 Å². The van der Waals surface area contributed by atoms with Crippen LogP contribution in [0.1, 0.15) is 80.7 Å². The van der Waals surface area contributed by atoms with Crippen LogP contribution in [0.2, 0.25) is 0 Å². The minimum atomic E-state index is -4.43. The van der Waals surface area contributed by atoms with E-state index in [1.807, 2.05) is 26.0 Å². The molecular formula is C41H41F3N6O3. The Morgan fingerprint density at radius 3 is 2.02 bits per heavy atom. The minimum Gasteiger partial charge on any atom is -0.496 e. The van der Waals surface area contributed by atoms with Gasteiger partial charge >= 0.3 is 6.18 Å². The van der Waals surface area contributed by atoms with E-state index in [1.165, 1.54) is 24.8 Å². The molecule has 2 amide bonds. The van der Waals surface area contributed by atoms with E-state index in [-0.39, 0.29) is 17.9 Å². The molecule has 4 aromatic heterocycles. The third kappa shape index (κ3) is 9.12. The quantitative estimate of drug-likeness (QED) is 0.170. The van der Waals surface area contributed by atoms with Crippen molar-refractivity contribution in [2.75, 3.05) is 7.11 Å². The predicted octanol–water partition coefficient (Wildman–Crippen LogP) is 8.37. The van der Waals surface area contributed by atoms with E-state index in [4.69, 9.17) is 4.74 Å². The molecule has 0 aliphatic carbocycles. The molecule has 2 aromatic carbocycles. The number of fused-ring (bicyclic) bond motifs is 2. The summed E-state index contributed by atoms with van der Waals surface area (Å²) < 4.78 is 43.6. The molecule has 53 heavy (non-hydrogen) atoms. The van der Waals surface area contributed by atoms with Gasteiger partial charge in [-0.05, 0) is 84.8 Å². The van der Waals surface area contributed by atoms with Gasteiger partial charge in [-0.3, -0.25) is 9.59 Å². The summed E-state index contributed by atoms with van der Waals surface area (Å²) >= 11 is 0. The largest absolute Gasteiger partial charge is 0.496 e. The number of amides is 2. The Morgan fingerprint density at radius 1 is 0.698 bits per heavy atom. The Kier molecular flexibility index (Phi) is 11.4. The van der Waals surface area contributed by atoms with Crippen LogP contribution in [-0.4, -0.2) is 38.9 Å². The summed E-state index contributed by atoms with van der Waals surface area (Å²) in [6.07, 6.45) is -1.15. The number of aryl methyl sites for hydroxylation is 3. The van der Waals surface area contributed by atoms with Crippen molar-refractivity contribution in [1.29, 1.82) is 0 Å². The van der Waals surface area contributed by atoms with Crippen LogP contribution in [0.4, 0.5) is 13.2 Å². The maximum Gasteiger partial charge on any atom is 0.416 e. The highest BCUT2D eigenvalue weighted by Gasteiger charge is 2.30. The molecule has 0 saturated heterocycles. The second kappa shape index (κ2) is 15.8. The van der Waals surface area contributed by atoms with E-state index in [9.17, 15) is 22.8 Å². The van der Waals surface area contributed by atoms with Crippen molar-refractivity contribution >= 4 is 33.9 Å². The molecule has 0 fully saturated rings. The minimum absolute atomic E-state index is 0.0373. The molecule has 4 heterocycles. The van der Waals surface area contributed by atoms with Crippen LogP contribution in [0.3, 0.4) is 0 Å². The molecule has 0 aliphatic heterocycles. The van der Waals surface area contributed by atoms with Gasteiger partial charge in [0, 0.05) is 30.9 Å². The number of alkyl halides is 3. The second-order valence-electron chi connectivity index (χ2n) is 13.6. The second-order valence-corrected chi connectivity index (χ2v) is 13.6. The van der Waals surface area contributed by atoms with Gasteiger partial charge < -0.3 is 15.4 Å². The maximum absolute atomic E-state index is 12.8. The predicted molar refractivity (Wildman–Crippen MR) is 199 cm³/mol. The van der Waals surface area contributed by atoms with Gasteiger partial charge in [0.05, 0.1) is 40.6 Å². The Morgan fingerprint density at radius 2 is 1.34 bits per heavy atom. The fourth-order valence-electron chi connectivity index (χ4n) is 5.81. The normalized spacial score (nSPS) is 11.5. The lowest BCUT2D eigenvalue weighted by Gasteiger charge is -2.19. The number of pyridine rings is 4. The lowest BCUT2D eigenvalue weighted by molar-refractivity contribution is -0.137. The molecule has 0 unspecified atom stereocenters. The molecule has 6 rings (SSSR count). The number of nitrogens with one attached hydrogen (secondary N) is 2. The van der Waals surface area contributed by atoms with E-state index in [2.05, 4.69) is 75.6 Å². The number of hydrogen-bond acceptors (Lipinski definition) is 7. The summed E-state index contributed by atoms with van der Waals surface area (Å²) in [6, 6.07) is 20.3. The van der Waals surface area contributed by atoms with Gasteiger partial charge in [0.15, 0.2) is 11.3 Å². The molecule has 0 radical (unpaired) electrons. The molecule has 2 N–H and O–H groups in total. The number of ether oxygens (including phenoxy) is 1. The van der Waals surface area contributed by atoms with Crippen LogP contribution in [0.25, 0.3) is 22.1 Å². The van der Waals surface area contributed by atoms with Gasteiger partial charge in [-0.15, -0.1) is 0 Å². The summed E-state index contributed by atoms with van der Waals surface area (Å²) in [7, 11) is 1.50. The highest BCUT2D eigenvalue weighted by molar-refractivity contribution is 6.01. The molecule has 0 bridgehead atoms. The first-order chi connectivity index (χ1) is 25.1. The molecular weight excluding hydrogens is 681 g/mol. The van der Waals surface area contributed by atoms with Crippen molar-refractivity contribution in [2.24, 2.45) is 0 Å². The number of carbonyl (C=O) groups excluding carboxylic acids is 2. The van der Waals surface area contributed by atoms with Crippen molar-refractivity contribution in [3.05, 3.63) is 136 Å². The van der Waals surface area contributed by atoms with Crippen LogP contribution in [0, 0.1) is 20.8 Å². The topological polar surface area (TPSA) is 119 Å². The van der Waals surface area contributed by atoms with Gasteiger partial charge in [-0.1, -0.05) is 57.2 Å². The molecule has 12 heteroatoms. The number of nitrogens with zero attached hydrogens (tertiary/aromatic N) is 4. The number of rotatable bonds is 7. The zero-order valence-corrected chi connectivity index (χ0v) is 30.6. The van der Waals surface area contributed by atoms with Gasteiger partial charge in [0.2, 0.25) is 0 Å². The smallest absolute Gasteiger partial charge is 0.416 e. The first-order valence-corrected chi connectivity index (χ1v) is 16.9. The van der Waals surface area contributed by atoms with Gasteiger partial charge in [-0.25, -0.2) is 19.9 Å². The van der Waals surface area contributed by atoms with Gasteiger partial charge in [0.25, 0.3) is 11.8 Å². The number of methoxy groups -OCH3 is 1. The summed E-state index contributed by atoms with van der Waals surface area (Å²) in [5.74, 6) is -0.0113. The third-order valence-corrected chi connectivity index (χ3v) is 8.75. The summed E-state index contributed by atoms with van der Waals surface area (Å²) in [5, 5.41) is 7.14. The Bertz CT molecular complexity index is 2280. The standard InChI is InChI=1S/C22H25N3O.C19H16F3N3O2/c1-14-18-7-6-12-23-20(18)25-15(2)19(14)21(26)24-13-16-8-10-17(11-9-16)22(3,4)5;1-11-14(9-15-16(27-2)6-7-23-17(15)25-11)18(26)24-10-12-4-3-5-13(8-12)19(20,21)22/h6-12H,13H2,1-5H3,(H,24,26);3-9H,10H2,1-2H3,(H,24,26). The zero-order chi connectivity index (χ0) is 38.5. The highest BCUT2D eigenvalue weighted by Crippen LogP contribution is 2.30. The summed E-state index contributed by atoms with van der Waals surface area (Å²) in [6.45, 7) is 12.5. The van der Waals surface area contributed by atoms with Crippen molar-refractivity contribution in [3.8, 4) is 5.75 Å². The van der Waals surface area contributed by atoms with Crippen LogP contribution < -0.4 is 15.4 Å². The molecule has 0 atom stereocenters. The van der Waals surface area contributed by atoms with E-state index in [0.29, 0.717) is 57.1 Å². The van der Waals surface area contributed by atoms with E-state index in [1.54, 1.807) is 31.5 Å². The van der Waals surface area contributed by atoms with Crippen molar-refractivity contribution in [2.45, 2.75) is 66.2 Å². The zero-order valence-electron chi connectivity index (χ0n) is 30.6. The van der Waals surface area contributed by atoms with Gasteiger partial charge in [-0.2, -0.15) is 13.2 Å². The lowest BCUT2D eigenvalue weighted by Crippen LogP contribution is -2.25. The third-order valence-electron chi connectivity index (χ3n) is 8.75. The van der Waals surface area contributed by atoms with E-state index < -0.39 is 17.6 Å². The van der Waals surface area contributed by atoms with Crippen LogP contribution in [-0.2, 0) is 24.7 Å². The molecule has 0 aliphatic rings. The van der Waals surface area contributed by atoms with Crippen LogP contribution in [0.5, 0.6) is 5.75 Å². The Balaban J connectivity index is 0.000000204. The first-order valence-electron chi connectivity index (χ1n) is 16.9. The molecule has 0 saturated carbocycles. The number of hydrogen-bond donors (Lipinski definition) is 2. The molecule has 274 valence electrons. The average molecular weight is 723 g/mol. The summed E-state index contributed by atoms with van der Waals surface area (Å²) in [5.41, 5.74) is 6.23. The lowest BCUT2D eigenvalue weighted by atomic mass is 9.87. The molecule has 6 aromatic rings. The number of carbonyl (C=O) groups is 2. The first kappa shape index (κ1) is 38.3. The number of benzene rings is 2. The molecule has 9 nitrogen and oxygen atoms in total. The van der Waals surface area contributed by atoms with Crippen molar-refractivity contribution in [3.63, 3.8) is 0 Å². The SMILES string of the molecule is COc1ccnc2nc(C)c(C(=O)NCc3cccc(C(F)(F)F)c3)cc12.Cc1nc2ncccc2c(C)c1C(=O)NCc1ccc(C(C)(C)C)cc1. The Labute approximate surface area is 306 Å². The molecule has 0 spiro atoms. The van der Waals surface area contributed by atoms with Crippen molar-refractivity contribution in [1.82, 2.24) is 30.6 Å². The highest BCUT2D eigenvalue weighted by atomic mass is 19.4. The Hall–Kier alpha value is -5.91. The maximum atomic E-state index is 12.8. The fourth-order valence-corrected chi connectivity index (χ4v) is 5.81.